The van der Waals surface area contributed by atoms with E-state index >= 15 is 0 Å². The molecule has 0 amide bonds. The summed E-state index contributed by atoms with van der Waals surface area (Å²) < 4.78 is 11.8. The summed E-state index contributed by atoms with van der Waals surface area (Å²) in [6.45, 7) is 7.96. The van der Waals surface area contributed by atoms with Gasteiger partial charge in [0.25, 0.3) is 0 Å². The number of hydrogen-bond acceptors (Lipinski definition) is 4. The van der Waals surface area contributed by atoms with Crippen LogP contribution in [0.1, 0.15) is 52.4 Å². The van der Waals surface area contributed by atoms with E-state index in [-0.39, 0.29) is 0 Å². The van der Waals surface area contributed by atoms with Crippen LogP contribution in [-0.2, 0) is 0 Å². The lowest BCUT2D eigenvalue weighted by molar-refractivity contribution is 0.302. The molecule has 124 valence electrons. The summed E-state index contributed by atoms with van der Waals surface area (Å²) in [5, 5.41) is 0. The van der Waals surface area contributed by atoms with Crippen molar-refractivity contribution < 1.29 is 9.47 Å². The van der Waals surface area contributed by atoms with E-state index in [9.17, 15) is 0 Å². The van der Waals surface area contributed by atoms with Crippen LogP contribution in [0.5, 0.6) is 11.5 Å². The zero-order chi connectivity index (χ0) is 15.8. The molecule has 0 unspecified atom stereocenters. The van der Waals surface area contributed by atoms with E-state index in [1.807, 2.05) is 6.07 Å². The Morgan fingerprint density at radius 3 is 2.14 bits per heavy atom. The van der Waals surface area contributed by atoms with Gasteiger partial charge in [-0.25, -0.2) is 0 Å². The SMILES string of the molecule is CCCCOc1cc(N2CCCC2)c(OCCCC)cc1N. The zero-order valence-electron chi connectivity index (χ0n) is 14.1. The van der Waals surface area contributed by atoms with E-state index in [2.05, 4.69) is 24.8 Å². The first-order valence-corrected chi connectivity index (χ1v) is 8.70. The van der Waals surface area contributed by atoms with Gasteiger partial charge in [0.1, 0.15) is 11.5 Å². The molecule has 4 heteroatoms. The van der Waals surface area contributed by atoms with E-state index in [1.54, 1.807) is 0 Å². The number of anilines is 2. The molecule has 22 heavy (non-hydrogen) atoms. The summed E-state index contributed by atoms with van der Waals surface area (Å²) in [7, 11) is 0. The molecule has 0 bridgehead atoms. The fraction of sp³-hybridized carbons (Fsp3) is 0.667. The number of benzene rings is 1. The number of nitrogens with zero attached hydrogens (tertiary/aromatic N) is 1. The van der Waals surface area contributed by atoms with Crippen molar-refractivity contribution in [2.75, 3.05) is 36.9 Å². The molecular weight excluding hydrogens is 276 g/mol. The van der Waals surface area contributed by atoms with Crippen LogP contribution in [-0.4, -0.2) is 26.3 Å². The average molecular weight is 306 g/mol. The maximum absolute atomic E-state index is 6.15. The molecule has 1 aliphatic heterocycles. The van der Waals surface area contributed by atoms with Crippen molar-refractivity contribution in [2.24, 2.45) is 0 Å². The molecule has 0 radical (unpaired) electrons. The fourth-order valence-electron chi connectivity index (χ4n) is 2.66. The van der Waals surface area contributed by atoms with Gasteiger partial charge in [0.2, 0.25) is 0 Å². The van der Waals surface area contributed by atoms with Crippen LogP contribution in [0.15, 0.2) is 12.1 Å². The Morgan fingerprint density at radius 1 is 0.955 bits per heavy atom. The van der Waals surface area contributed by atoms with E-state index in [1.165, 1.54) is 12.8 Å². The van der Waals surface area contributed by atoms with Crippen molar-refractivity contribution in [3.05, 3.63) is 12.1 Å². The third kappa shape index (κ3) is 4.46. The number of rotatable bonds is 9. The van der Waals surface area contributed by atoms with Crippen molar-refractivity contribution in [1.29, 1.82) is 0 Å². The van der Waals surface area contributed by atoms with Gasteiger partial charge in [0.15, 0.2) is 0 Å². The van der Waals surface area contributed by atoms with E-state index < -0.39 is 0 Å². The first kappa shape index (κ1) is 16.8. The Bertz CT molecular complexity index is 457. The molecule has 0 saturated carbocycles. The number of hydrogen-bond donors (Lipinski definition) is 1. The first-order chi connectivity index (χ1) is 10.8. The van der Waals surface area contributed by atoms with Gasteiger partial charge in [-0.1, -0.05) is 26.7 Å². The van der Waals surface area contributed by atoms with Gasteiger partial charge >= 0.3 is 0 Å². The number of nitrogen functional groups attached to an aromatic ring is 1. The Morgan fingerprint density at radius 2 is 1.55 bits per heavy atom. The highest BCUT2D eigenvalue weighted by atomic mass is 16.5. The van der Waals surface area contributed by atoms with Crippen LogP contribution in [0, 0.1) is 0 Å². The number of nitrogens with two attached hydrogens (primary N) is 1. The lowest BCUT2D eigenvalue weighted by Crippen LogP contribution is -2.19. The van der Waals surface area contributed by atoms with Crippen LogP contribution in [0.2, 0.25) is 0 Å². The summed E-state index contributed by atoms with van der Waals surface area (Å²) in [6, 6.07) is 4.00. The predicted molar refractivity (Wildman–Crippen MR) is 93.1 cm³/mol. The Balaban J connectivity index is 2.17. The Hall–Kier alpha value is -1.58. The van der Waals surface area contributed by atoms with Crippen LogP contribution in [0.4, 0.5) is 11.4 Å². The quantitative estimate of drug-likeness (QED) is 0.548. The highest BCUT2D eigenvalue weighted by molar-refractivity contribution is 5.70. The zero-order valence-corrected chi connectivity index (χ0v) is 14.1. The van der Waals surface area contributed by atoms with Gasteiger partial charge < -0.3 is 20.1 Å². The lowest BCUT2D eigenvalue weighted by Gasteiger charge is -2.23. The Labute approximate surface area is 134 Å². The minimum absolute atomic E-state index is 0.672. The van der Waals surface area contributed by atoms with Crippen molar-refractivity contribution in [3.63, 3.8) is 0 Å². The Kier molecular flexibility index (Phi) is 6.69. The van der Waals surface area contributed by atoms with Crippen molar-refractivity contribution in [2.45, 2.75) is 52.4 Å². The highest BCUT2D eigenvalue weighted by Gasteiger charge is 2.19. The van der Waals surface area contributed by atoms with Gasteiger partial charge in [0.05, 0.1) is 24.6 Å². The monoisotopic (exact) mass is 306 g/mol. The van der Waals surface area contributed by atoms with E-state index in [0.29, 0.717) is 5.69 Å². The molecule has 1 aromatic carbocycles. The molecule has 2 N–H and O–H groups in total. The molecule has 1 fully saturated rings. The van der Waals surface area contributed by atoms with Crippen LogP contribution >= 0.6 is 0 Å². The molecule has 2 rings (SSSR count). The molecule has 1 saturated heterocycles. The molecule has 0 spiro atoms. The first-order valence-electron chi connectivity index (χ1n) is 8.70. The third-order valence-corrected chi connectivity index (χ3v) is 4.05. The molecule has 4 nitrogen and oxygen atoms in total. The maximum atomic E-state index is 6.15. The summed E-state index contributed by atoms with van der Waals surface area (Å²) in [6.07, 6.45) is 6.85. The highest BCUT2D eigenvalue weighted by Crippen LogP contribution is 2.38. The second kappa shape index (κ2) is 8.76. The van der Waals surface area contributed by atoms with Crippen molar-refractivity contribution >= 4 is 11.4 Å². The molecule has 0 aliphatic carbocycles. The van der Waals surface area contributed by atoms with Gasteiger partial charge in [0, 0.05) is 25.2 Å². The van der Waals surface area contributed by atoms with Crippen LogP contribution in [0.25, 0.3) is 0 Å². The third-order valence-electron chi connectivity index (χ3n) is 4.05. The number of ether oxygens (including phenoxy) is 2. The second-order valence-corrected chi connectivity index (χ2v) is 5.96. The number of unbranched alkanes of at least 4 members (excludes halogenated alkanes) is 2. The molecular formula is C18H30N2O2. The molecule has 0 atom stereocenters. The standard InChI is InChI=1S/C18H30N2O2/c1-3-5-11-21-17-14-16(20-9-7-8-10-20)18(13-15(17)19)22-12-6-4-2/h13-14H,3-12,19H2,1-2H3. The molecule has 1 aliphatic rings. The topological polar surface area (TPSA) is 47.7 Å². The second-order valence-electron chi connectivity index (χ2n) is 5.96. The summed E-state index contributed by atoms with van der Waals surface area (Å²) in [5.74, 6) is 1.69. The minimum Gasteiger partial charge on any atom is -0.491 e. The van der Waals surface area contributed by atoms with Gasteiger partial charge in [-0.2, -0.15) is 0 Å². The fourth-order valence-corrected chi connectivity index (χ4v) is 2.66. The molecule has 1 heterocycles. The smallest absolute Gasteiger partial charge is 0.144 e. The maximum Gasteiger partial charge on any atom is 0.144 e. The van der Waals surface area contributed by atoms with E-state index in [4.69, 9.17) is 15.2 Å². The lowest BCUT2D eigenvalue weighted by atomic mass is 10.2. The van der Waals surface area contributed by atoms with Crippen molar-refractivity contribution in [1.82, 2.24) is 0 Å². The van der Waals surface area contributed by atoms with Gasteiger partial charge in [-0.3, -0.25) is 0 Å². The predicted octanol–water partition coefficient (Wildman–Crippen LogP) is 4.23. The summed E-state index contributed by atoms with van der Waals surface area (Å²) in [4.78, 5) is 2.38. The summed E-state index contributed by atoms with van der Waals surface area (Å²) in [5.41, 5.74) is 7.96. The van der Waals surface area contributed by atoms with Crippen LogP contribution < -0.4 is 20.1 Å². The van der Waals surface area contributed by atoms with Gasteiger partial charge in [-0.05, 0) is 25.7 Å². The minimum atomic E-state index is 0.672. The van der Waals surface area contributed by atoms with Crippen LogP contribution in [0.3, 0.4) is 0 Å². The largest absolute Gasteiger partial charge is 0.491 e. The molecule has 1 aromatic rings. The van der Waals surface area contributed by atoms with Gasteiger partial charge in [-0.15, -0.1) is 0 Å². The summed E-state index contributed by atoms with van der Waals surface area (Å²) >= 11 is 0. The van der Waals surface area contributed by atoms with E-state index in [0.717, 1.165) is 69.2 Å². The average Bonchev–Trinajstić information content (AvgIpc) is 3.04. The normalized spacial score (nSPS) is 14.4. The molecule has 0 aromatic heterocycles. The van der Waals surface area contributed by atoms with Crippen molar-refractivity contribution in [3.8, 4) is 11.5 Å².